The lowest BCUT2D eigenvalue weighted by atomic mass is 10.0. The maximum Gasteiger partial charge on any atom is 0.288 e. The first-order valence-electron chi connectivity index (χ1n) is 7.26. The Balaban J connectivity index is 1.86. The Bertz CT molecular complexity index is 485. The molecule has 1 aromatic rings. The minimum absolute atomic E-state index is 0.0272. The van der Waals surface area contributed by atoms with Crippen LogP contribution in [0, 0.1) is 23.0 Å². The van der Waals surface area contributed by atoms with Crippen LogP contribution in [0.3, 0.4) is 0 Å². The second-order valence-electron chi connectivity index (χ2n) is 5.60. The van der Waals surface area contributed by atoms with Crippen LogP contribution >= 0.6 is 11.6 Å². The predicted octanol–water partition coefficient (Wildman–Crippen LogP) is 4.94. The molecule has 4 nitrogen and oxygen atoms in total. The van der Waals surface area contributed by atoms with Crippen molar-refractivity contribution >= 4 is 23.0 Å². The normalized spacial score (nSPS) is 15.5. The smallest absolute Gasteiger partial charge is 0.288 e. The van der Waals surface area contributed by atoms with Gasteiger partial charge in [-0.3, -0.25) is 10.1 Å². The van der Waals surface area contributed by atoms with Crippen LogP contribution in [0.1, 0.15) is 44.1 Å². The zero-order chi connectivity index (χ0) is 14.5. The highest BCUT2D eigenvalue weighted by Crippen LogP contribution is 2.31. The van der Waals surface area contributed by atoms with E-state index in [4.69, 9.17) is 11.6 Å². The molecule has 1 aliphatic rings. The maximum absolute atomic E-state index is 10.8. The van der Waals surface area contributed by atoms with Crippen LogP contribution in [0.15, 0.2) is 12.1 Å². The van der Waals surface area contributed by atoms with Gasteiger partial charge in [0.05, 0.1) is 4.92 Å². The fourth-order valence-electron chi connectivity index (χ4n) is 2.91. The molecule has 1 saturated carbocycles. The Morgan fingerprint density at radius 2 is 2.10 bits per heavy atom. The summed E-state index contributed by atoms with van der Waals surface area (Å²) in [7, 11) is 0. The number of nitrogens with one attached hydrogen (secondary N) is 1. The summed E-state index contributed by atoms with van der Waals surface area (Å²) in [5, 5.41) is 14.3. The summed E-state index contributed by atoms with van der Waals surface area (Å²) in [5.41, 5.74) is 1.73. The van der Waals surface area contributed by atoms with Crippen molar-refractivity contribution in [3.63, 3.8) is 0 Å². The number of nitrogens with zero attached hydrogens (tertiary/aromatic N) is 1. The Morgan fingerprint density at radius 3 is 2.75 bits per heavy atom. The largest absolute Gasteiger partial charge is 0.385 e. The van der Waals surface area contributed by atoms with E-state index in [2.05, 4.69) is 5.32 Å². The molecule has 110 valence electrons. The number of nitro benzene ring substituents is 1. The number of halogens is 1. The first-order chi connectivity index (χ1) is 9.58. The van der Waals surface area contributed by atoms with Gasteiger partial charge >= 0.3 is 0 Å². The van der Waals surface area contributed by atoms with Crippen LogP contribution in [-0.2, 0) is 0 Å². The molecule has 0 bridgehead atoms. The average molecular weight is 297 g/mol. The van der Waals surface area contributed by atoms with Gasteiger partial charge in [-0.15, -0.1) is 0 Å². The van der Waals surface area contributed by atoms with Crippen molar-refractivity contribution in [3.8, 4) is 0 Å². The quantitative estimate of drug-likeness (QED) is 0.459. The standard InChI is InChI=1S/C15H21ClN2O2/c1-11-9-15(18(19)20)13(16)10-14(11)17-8-4-7-12-5-2-3-6-12/h9-10,12,17H,2-8H2,1H3. The molecule has 1 N–H and O–H groups in total. The van der Waals surface area contributed by atoms with Crippen molar-refractivity contribution in [1.29, 1.82) is 0 Å². The first-order valence-corrected chi connectivity index (χ1v) is 7.64. The zero-order valence-electron chi connectivity index (χ0n) is 11.8. The number of hydrogen-bond acceptors (Lipinski definition) is 3. The summed E-state index contributed by atoms with van der Waals surface area (Å²) in [6, 6.07) is 3.19. The van der Waals surface area contributed by atoms with Crippen LogP contribution in [0.2, 0.25) is 5.02 Å². The second kappa shape index (κ2) is 6.93. The van der Waals surface area contributed by atoms with Gasteiger partial charge < -0.3 is 5.32 Å². The lowest BCUT2D eigenvalue weighted by Gasteiger charge is -2.12. The monoisotopic (exact) mass is 296 g/mol. The van der Waals surface area contributed by atoms with Gasteiger partial charge in [0.1, 0.15) is 5.02 Å². The van der Waals surface area contributed by atoms with E-state index in [1.807, 2.05) is 6.92 Å². The molecular formula is C15H21ClN2O2. The van der Waals surface area contributed by atoms with Crippen LogP contribution < -0.4 is 5.32 Å². The molecule has 0 aromatic heterocycles. The third-order valence-corrected chi connectivity index (χ3v) is 4.37. The number of hydrogen-bond donors (Lipinski definition) is 1. The maximum atomic E-state index is 10.8. The van der Waals surface area contributed by atoms with Crippen molar-refractivity contribution in [2.45, 2.75) is 45.4 Å². The summed E-state index contributed by atoms with van der Waals surface area (Å²) in [4.78, 5) is 10.3. The molecule has 0 aliphatic heterocycles. The van der Waals surface area contributed by atoms with Gasteiger partial charge in [-0.2, -0.15) is 0 Å². The Hall–Kier alpha value is -1.29. The first kappa shape index (κ1) is 15.1. The van der Waals surface area contributed by atoms with Gasteiger partial charge in [-0.1, -0.05) is 37.3 Å². The SMILES string of the molecule is Cc1cc([N+](=O)[O-])c(Cl)cc1NCCCC1CCCC1. The molecule has 0 radical (unpaired) electrons. The molecule has 0 heterocycles. The summed E-state index contributed by atoms with van der Waals surface area (Å²) in [5.74, 6) is 0.901. The third-order valence-electron chi connectivity index (χ3n) is 4.07. The van der Waals surface area contributed by atoms with Crippen LogP contribution in [0.5, 0.6) is 0 Å². The number of nitro groups is 1. The van der Waals surface area contributed by atoms with Gasteiger partial charge in [-0.25, -0.2) is 0 Å². The van der Waals surface area contributed by atoms with E-state index in [-0.39, 0.29) is 10.7 Å². The van der Waals surface area contributed by atoms with Gasteiger partial charge in [0, 0.05) is 18.3 Å². The minimum atomic E-state index is -0.445. The van der Waals surface area contributed by atoms with E-state index in [1.165, 1.54) is 38.2 Å². The van der Waals surface area contributed by atoms with E-state index < -0.39 is 4.92 Å². The van der Waals surface area contributed by atoms with Crippen molar-refractivity contribution in [3.05, 3.63) is 32.8 Å². The van der Waals surface area contributed by atoms with Crippen LogP contribution in [0.4, 0.5) is 11.4 Å². The molecular weight excluding hydrogens is 276 g/mol. The Morgan fingerprint density at radius 1 is 1.40 bits per heavy atom. The summed E-state index contributed by atoms with van der Waals surface area (Å²) >= 11 is 5.93. The van der Waals surface area contributed by atoms with Gasteiger partial charge in [0.2, 0.25) is 0 Å². The molecule has 5 heteroatoms. The summed E-state index contributed by atoms with van der Waals surface area (Å²) < 4.78 is 0. The highest BCUT2D eigenvalue weighted by atomic mass is 35.5. The molecule has 0 spiro atoms. The Kier molecular flexibility index (Phi) is 5.24. The van der Waals surface area contributed by atoms with E-state index in [0.29, 0.717) is 0 Å². The lowest BCUT2D eigenvalue weighted by molar-refractivity contribution is -0.384. The molecule has 2 rings (SSSR count). The van der Waals surface area contributed by atoms with Gasteiger partial charge in [0.25, 0.3) is 5.69 Å². The van der Waals surface area contributed by atoms with E-state index in [1.54, 1.807) is 6.07 Å². The number of benzene rings is 1. The highest BCUT2D eigenvalue weighted by molar-refractivity contribution is 6.33. The topological polar surface area (TPSA) is 55.2 Å². The van der Waals surface area contributed by atoms with E-state index in [9.17, 15) is 10.1 Å². The molecule has 0 amide bonds. The fraction of sp³-hybridized carbons (Fsp3) is 0.600. The van der Waals surface area contributed by atoms with E-state index >= 15 is 0 Å². The third kappa shape index (κ3) is 3.85. The summed E-state index contributed by atoms with van der Waals surface area (Å²) in [6.45, 7) is 2.76. The number of rotatable bonds is 6. The van der Waals surface area contributed by atoms with Crippen LogP contribution in [-0.4, -0.2) is 11.5 Å². The van der Waals surface area contributed by atoms with Crippen molar-refractivity contribution < 1.29 is 4.92 Å². The second-order valence-corrected chi connectivity index (χ2v) is 6.00. The molecule has 1 aromatic carbocycles. The van der Waals surface area contributed by atoms with Crippen molar-refractivity contribution in [2.24, 2.45) is 5.92 Å². The molecule has 1 aliphatic carbocycles. The Labute approximate surface area is 124 Å². The van der Waals surface area contributed by atoms with Crippen molar-refractivity contribution in [1.82, 2.24) is 0 Å². The molecule has 1 fully saturated rings. The van der Waals surface area contributed by atoms with Gasteiger partial charge in [0.15, 0.2) is 0 Å². The van der Waals surface area contributed by atoms with Crippen molar-refractivity contribution in [2.75, 3.05) is 11.9 Å². The number of aryl methyl sites for hydroxylation is 1. The molecule has 0 saturated heterocycles. The molecule has 20 heavy (non-hydrogen) atoms. The highest BCUT2D eigenvalue weighted by Gasteiger charge is 2.16. The minimum Gasteiger partial charge on any atom is -0.385 e. The molecule has 0 atom stereocenters. The molecule has 0 unspecified atom stereocenters. The van der Waals surface area contributed by atoms with Gasteiger partial charge in [-0.05, 0) is 37.3 Å². The predicted molar refractivity (Wildman–Crippen MR) is 82.5 cm³/mol. The fourth-order valence-corrected chi connectivity index (χ4v) is 3.14. The zero-order valence-corrected chi connectivity index (χ0v) is 12.6. The average Bonchev–Trinajstić information content (AvgIpc) is 2.90. The lowest BCUT2D eigenvalue weighted by Crippen LogP contribution is -2.05. The van der Waals surface area contributed by atoms with Crippen LogP contribution in [0.25, 0.3) is 0 Å². The number of anilines is 1. The summed E-state index contributed by atoms with van der Waals surface area (Å²) in [6.07, 6.45) is 7.93. The van der Waals surface area contributed by atoms with E-state index in [0.717, 1.165) is 30.1 Å².